The van der Waals surface area contributed by atoms with Gasteiger partial charge in [-0.25, -0.2) is 4.79 Å². The Bertz CT molecular complexity index is 403. The second-order valence-corrected chi connectivity index (χ2v) is 5.90. The first kappa shape index (κ1) is 13.8. The lowest BCUT2D eigenvalue weighted by molar-refractivity contribution is 0.0690. The van der Waals surface area contributed by atoms with Crippen LogP contribution in [0.3, 0.4) is 0 Å². The third-order valence-electron chi connectivity index (χ3n) is 2.23. The van der Waals surface area contributed by atoms with E-state index in [0.29, 0.717) is 24.0 Å². The standard InChI is InChI=1S/C10H17N3O3S/c1-8(2)3-5-17(16)6-4-13-7-9(10(14)15)11-12-13/h7-8H,3-6H2,1-2H3,(H,14,15). The number of hydrogen-bond donors (Lipinski definition) is 1. The van der Waals surface area contributed by atoms with E-state index in [2.05, 4.69) is 24.2 Å². The van der Waals surface area contributed by atoms with Crippen molar-refractivity contribution in [1.29, 1.82) is 0 Å². The fourth-order valence-corrected chi connectivity index (χ4v) is 2.50. The van der Waals surface area contributed by atoms with E-state index in [1.165, 1.54) is 10.9 Å². The van der Waals surface area contributed by atoms with Gasteiger partial charge in [0, 0.05) is 22.3 Å². The second-order valence-electron chi connectivity index (χ2n) is 4.20. The molecule has 0 spiro atoms. The first-order chi connectivity index (χ1) is 7.99. The first-order valence-corrected chi connectivity index (χ1v) is 6.96. The van der Waals surface area contributed by atoms with Crippen LogP contribution in [0.4, 0.5) is 0 Å². The van der Waals surface area contributed by atoms with Gasteiger partial charge in [0.05, 0.1) is 12.7 Å². The fourth-order valence-electron chi connectivity index (χ4n) is 1.17. The van der Waals surface area contributed by atoms with Crippen LogP contribution in [-0.2, 0) is 17.3 Å². The Morgan fingerprint density at radius 1 is 1.53 bits per heavy atom. The number of rotatable bonds is 7. The van der Waals surface area contributed by atoms with Crippen molar-refractivity contribution in [2.75, 3.05) is 11.5 Å². The maximum Gasteiger partial charge on any atom is 0.358 e. The molecule has 96 valence electrons. The van der Waals surface area contributed by atoms with E-state index in [1.54, 1.807) is 0 Å². The van der Waals surface area contributed by atoms with Crippen LogP contribution in [0.15, 0.2) is 6.20 Å². The van der Waals surface area contributed by atoms with Crippen molar-refractivity contribution in [1.82, 2.24) is 15.0 Å². The molecule has 1 aromatic heterocycles. The van der Waals surface area contributed by atoms with Crippen molar-refractivity contribution in [3.8, 4) is 0 Å². The molecule has 0 amide bonds. The van der Waals surface area contributed by atoms with Crippen molar-refractivity contribution < 1.29 is 14.1 Å². The highest BCUT2D eigenvalue weighted by Crippen LogP contribution is 2.01. The normalized spacial score (nSPS) is 12.9. The Kier molecular flexibility index (Phi) is 5.27. The number of carboxylic acids is 1. The van der Waals surface area contributed by atoms with Crippen molar-refractivity contribution in [3.63, 3.8) is 0 Å². The van der Waals surface area contributed by atoms with Crippen LogP contribution < -0.4 is 0 Å². The van der Waals surface area contributed by atoms with Crippen LogP contribution in [0.1, 0.15) is 30.8 Å². The van der Waals surface area contributed by atoms with Crippen LogP contribution in [0.2, 0.25) is 0 Å². The molecule has 1 heterocycles. The van der Waals surface area contributed by atoms with E-state index in [4.69, 9.17) is 5.11 Å². The van der Waals surface area contributed by atoms with Gasteiger partial charge in [0.1, 0.15) is 0 Å². The van der Waals surface area contributed by atoms with E-state index < -0.39 is 16.8 Å². The highest BCUT2D eigenvalue weighted by molar-refractivity contribution is 7.84. The van der Waals surface area contributed by atoms with E-state index >= 15 is 0 Å². The summed E-state index contributed by atoms with van der Waals surface area (Å²) >= 11 is 0. The summed E-state index contributed by atoms with van der Waals surface area (Å²) in [6.45, 7) is 4.62. The van der Waals surface area contributed by atoms with Crippen LogP contribution in [0.5, 0.6) is 0 Å². The number of aryl methyl sites for hydroxylation is 1. The summed E-state index contributed by atoms with van der Waals surface area (Å²) in [4.78, 5) is 10.6. The first-order valence-electron chi connectivity index (χ1n) is 5.47. The monoisotopic (exact) mass is 259 g/mol. The predicted molar refractivity (Wildman–Crippen MR) is 64.3 cm³/mol. The molecule has 0 saturated heterocycles. The Balaban J connectivity index is 2.34. The van der Waals surface area contributed by atoms with Gasteiger partial charge in [-0.2, -0.15) is 0 Å². The number of aromatic carboxylic acids is 1. The molecule has 0 fully saturated rings. The summed E-state index contributed by atoms with van der Waals surface area (Å²) in [5.41, 5.74) is -0.0852. The van der Waals surface area contributed by atoms with Gasteiger partial charge in [-0.15, -0.1) is 5.10 Å². The van der Waals surface area contributed by atoms with Gasteiger partial charge >= 0.3 is 5.97 Å². The van der Waals surface area contributed by atoms with Gasteiger partial charge in [0.2, 0.25) is 0 Å². The predicted octanol–water partition coefficient (Wildman–Crippen LogP) is 0.771. The van der Waals surface area contributed by atoms with E-state index in [1.807, 2.05) is 0 Å². The van der Waals surface area contributed by atoms with Gasteiger partial charge in [-0.05, 0) is 12.3 Å². The molecule has 0 aromatic carbocycles. The Morgan fingerprint density at radius 2 is 2.24 bits per heavy atom. The average Bonchev–Trinajstić information content (AvgIpc) is 2.72. The molecule has 0 aliphatic rings. The smallest absolute Gasteiger partial charge is 0.358 e. The number of carbonyl (C=O) groups is 1. The van der Waals surface area contributed by atoms with Crippen molar-refractivity contribution >= 4 is 16.8 Å². The lowest BCUT2D eigenvalue weighted by Gasteiger charge is -2.04. The summed E-state index contributed by atoms with van der Waals surface area (Å²) in [6, 6.07) is 0. The number of aromatic nitrogens is 3. The third kappa shape index (κ3) is 5.08. The lowest BCUT2D eigenvalue weighted by atomic mass is 10.2. The molecule has 0 radical (unpaired) electrons. The number of nitrogens with zero attached hydrogens (tertiary/aromatic N) is 3. The zero-order chi connectivity index (χ0) is 12.8. The summed E-state index contributed by atoms with van der Waals surface area (Å²) < 4.78 is 13.0. The van der Waals surface area contributed by atoms with Gasteiger partial charge in [0.15, 0.2) is 5.69 Å². The molecule has 1 atom stereocenters. The van der Waals surface area contributed by atoms with Crippen LogP contribution in [0, 0.1) is 5.92 Å². The molecule has 7 heteroatoms. The molecule has 1 N–H and O–H groups in total. The van der Waals surface area contributed by atoms with E-state index in [9.17, 15) is 9.00 Å². The summed E-state index contributed by atoms with van der Waals surface area (Å²) in [5.74, 6) is 0.605. The highest BCUT2D eigenvalue weighted by atomic mass is 32.2. The second kappa shape index (κ2) is 6.48. The Labute approximate surface area is 102 Å². The number of hydrogen-bond acceptors (Lipinski definition) is 4. The van der Waals surface area contributed by atoms with Gasteiger partial charge in [-0.3, -0.25) is 8.89 Å². The minimum atomic E-state index is -1.10. The summed E-state index contributed by atoms with van der Waals surface area (Å²) in [5, 5.41) is 15.8. The summed E-state index contributed by atoms with van der Waals surface area (Å²) in [7, 11) is -0.879. The van der Waals surface area contributed by atoms with E-state index in [-0.39, 0.29) is 5.69 Å². The molecule has 1 rings (SSSR count). The molecule has 0 aliphatic heterocycles. The lowest BCUT2D eigenvalue weighted by Crippen LogP contribution is -2.11. The maximum absolute atomic E-state index is 11.6. The zero-order valence-corrected chi connectivity index (χ0v) is 10.8. The molecule has 6 nitrogen and oxygen atoms in total. The van der Waals surface area contributed by atoms with Crippen molar-refractivity contribution in [3.05, 3.63) is 11.9 Å². The van der Waals surface area contributed by atoms with Crippen LogP contribution in [0.25, 0.3) is 0 Å². The quantitative estimate of drug-likeness (QED) is 0.781. The minimum Gasteiger partial charge on any atom is -0.476 e. The van der Waals surface area contributed by atoms with Gasteiger partial charge in [-0.1, -0.05) is 19.1 Å². The zero-order valence-electron chi connectivity index (χ0n) is 10.00. The molecule has 0 bridgehead atoms. The SMILES string of the molecule is CC(C)CCS(=O)CCn1cc(C(=O)O)nn1. The van der Waals surface area contributed by atoms with Crippen LogP contribution in [-0.4, -0.2) is 41.8 Å². The molecule has 0 aliphatic carbocycles. The highest BCUT2D eigenvalue weighted by Gasteiger charge is 2.09. The third-order valence-corrected chi connectivity index (χ3v) is 3.56. The van der Waals surface area contributed by atoms with Gasteiger partial charge in [0.25, 0.3) is 0 Å². The van der Waals surface area contributed by atoms with Crippen molar-refractivity contribution in [2.45, 2.75) is 26.8 Å². The molecular formula is C10H17N3O3S. The Morgan fingerprint density at radius 3 is 2.76 bits per heavy atom. The Hall–Kier alpha value is -1.24. The largest absolute Gasteiger partial charge is 0.476 e. The molecule has 0 saturated carbocycles. The van der Waals surface area contributed by atoms with Gasteiger partial charge < -0.3 is 5.11 Å². The fraction of sp³-hybridized carbons (Fsp3) is 0.700. The topological polar surface area (TPSA) is 85.1 Å². The molecular weight excluding hydrogens is 242 g/mol. The minimum absolute atomic E-state index is 0.0852. The molecule has 17 heavy (non-hydrogen) atoms. The summed E-state index contributed by atoms with van der Waals surface area (Å²) in [6.07, 6.45) is 2.28. The van der Waals surface area contributed by atoms with E-state index in [0.717, 1.165) is 6.42 Å². The van der Waals surface area contributed by atoms with Crippen LogP contribution >= 0.6 is 0 Å². The maximum atomic E-state index is 11.6. The molecule has 1 aromatic rings. The molecule has 1 unspecified atom stereocenters. The average molecular weight is 259 g/mol. The van der Waals surface area contributed by atoms with Crippen molar-refractivity contribution in [2.24, 2.45) is 5.92 Å². The number of carboxylic acid groups (broad SMARTS) is 1.